The van der Waals surface area contributed by atoms with Crippen molar-refractivity contribution in [2.24, 2.45) is 0 Å². The summed E-state index contributed by atoms with van der Waals surface area (Å²) >= 11 is 0. The third-order valence-electron chi connectivity index (χ3n) is 12.0. The molecule has 11 nitrogen and oxygen atoms in total. The van der Waals surface area contributed by atoms with Crippen molar-refractivity contribution in [3.63, 3.8) is 0 Å². The van der Waals surface area contributed by atoms with Crippen LogP contribution in [0, 0.1) is 11.6 Å². The SMILES string of the molecule is CN1[C@@H]2CCC[C@H]1CC(Nc1nc(-c3ccc(Oc4ccc(F)cc4)cc3)c3ccccc3n1)C2.OCC(CO)Nc1nc(-c2ccc(Oc3ccc(F)cc3)cc2)c2ccccc2n1. The maximum atomic E-state index is 13.2. The van der Waals surface area contributed by atoms with E-state index in [1.54, 1.807) is 24.3 Å². The zero-order chi connectivity index (χ0) is 44.7. The van der Waals surface area contributed by atoms with Crippen LogP contribution in [0.2, 0.25) is 0 Å². The molecular weight excluding hydrogens is 825 g/mol. The molecule has 330 valence electrons. The first-order chi connectivity index (χ1) is 31.8. The van der Waals surface area contributed by atoms with E-state index >= 15 is 0 Å². The van der Waals surface area contributed by atoms with Gasteiger partial charge in [-0.2, -0.15) is 0 Å². The Bertz CT molecular complexity index is 2830. The van der Waals surface area contributed by atoms with Crippen LogP contribution in [0.15, 0.2) is 146 Å². The van der Waals surface area contributed by atoms with Crippen molar-refractivity contribution in [1.29, 1.82) is 0 Å². The second-order valence-electron chi connectivity index (χ2n) is 16.4. The smallest absolute Gasteiger partial charge is 0.224 e. The maximum absolute atomic E-state index is 13.2. The lowest BCUT2D eigenvalue weighted by Gasteiger charge is -2.47. The highest BCUT2D eigenvalue weighted by molar-refractivity contribution is 5.94. The summed E-state index contributed by atoms with van der Waals surface area (Å²) < 4.78 is 37.8. The van der Waals surface area contributed by atoms with Gasteiger partial charge >= 0.3 is 0 Å². The summed E-state index contributed by atoms with van der Waals surface area (Å²) in [5.41, 5.74) is 5.14. The molecule has 2 aliphatic heterocycles. The number of aliphatic hydroxyl groups excluding tert-OH is 2. The normalized spacial score (nSPS) is 17.0. The van der Waals surface area contributed by atoms with E-state index in [1.807, 2.05) is 91.0 Å². The second-order valence-corrected chi connectivity index (χ2v) is 16.4. The fourth-order valence-corrected chi connectivity index (χ4v) is 8.61. The lowest BCUT2D eigenvalue weighted by Crippen LogP contribution is -2.52. The van der Waals surface area contributed by atoms with Gasteiger partial charge in [0.2, 0.25) is 11.9 Å². The van der Waals surface area contributed by atoms with Gasteiger partial charge in [0.05, 0.1) is 41.7 Å². The van der Waals surface area contributed by atoms with E-state index in [4.69, 9.17) is 19.4 Å². The third kappa shape index (κ3) is 10.3. The van der Waals surface area contributed by atoms with Gasteiger partial charge in [-0.15, -0.1) is 0 Å². The number of hydrogen-bond acceptors (Lipinski definition) is 11. The fraction of sp³-hybridized carbons (Fsp3) is 0.231. The third-order valence-corrected chi connectivity index (χ3v) is 12.0. The van der Waals surface area contributed by atoms with Gasteiger partial charge in [0.1, 0.15) is 34.6 Å². The molecule has 6 aromatic carbocycles. The lowest BCUT2D eigenvalue weighted by molar-refractivity contribution is 0.0607. The van der Waals surface area contributed by atoms with E-state index in [0.29, 0.717) is 58.7 Å². The highest BCUT2D eigenvalue weighted by Gasteiger charge is 2.36. The van der Waals surface area contributed by atoms with Crippen LogP contribution in [-0.2, 0) is 0 Å². The predicted octanol–water partition coefficient (Wildman–Crippen LogP) is 10.6. The second kappa shape index (κ2) is 19.8. The molecule has 1 unspecified atom stereocenters. The van der Waals surface area contributed by atoms with Gasteiger partial charge in [0, 0.05) is 40.0 Å². The van der Waals surface area contributed by atoms with E-state index in [9.17, 15) is 19.0 Å². The van der Waals surface area contributed by atoms with Gasteiger partial charge in [0.15, 0.2) is 0 Å². The van der Waals surface area contributed by atoms with Crippen LogP contribution in [0.1, 0.15) is 32.1 Å². The van der Waals surface area contributed by atoms with E-state index in [1.165, 1.54) is 43.5 Å². The molecule has 2 bridgehead atoms. The minimum Gasteiger partial charge on any atom is -0.457 e. The summed E-state index contributed by atoms with van der Waals surface area (Å²) in [7, 11) is 2.28. The van der Waals surface area contributed by atoms with Crippen molar-refractivity contribution in [3.05, 3.63) is 157 Å². The summed E-state index contributed by atoms with van der Waals surface area (Å²) in [5, 5.41) is 27.2. The van der Waals surface area contributed by atoms with E-state index in [2.05, 4.69) is 38.6 Å². The van der Waals surface area contributed by atoms with Crippen LogP contribution < -0.4 is 20.1 Å². The van der Waals surface area contributed by atoms with Crippen LogP contribution >= 0.6 is 0 Å². The number of ether oxygens (including phenoxy) is 2. The highest BCUT2D eigenvalue weighted by Crippen LogP contribution is 2.36. The van der Waals surface area contributed by atoms with Crippen molar-refractivity contribution < 1.29 is 28.5 Å². The Morgan fingerprint density at radius 1 is 0.569 bits per heavy atom. The number of piperidine rings is 2. The largest absolute Gasteiger partial charge is 0.457 e. The topological polar surface area (TPSA) is 138 Å². The van der Waals surface area contributed by atoms with Crippen LogP contribution in [0.4, 0.5) is 20.7 Å². The van der Waals surface area contributed by atoms with Gasteiger partial charge < -0.3 is 35.2 Å². The molecule has 0 saturated carbocycles. The number of fused-ring (bicyclic) bond motifs is 4. The molecule has 0 radical (unpaired) electrons. The number of benzene rings is 6. The van der Waals surface area contributed by atoms with Gasteiger partial charge in [-0.1, -0.05) is 42.8 Å². The Morgan fingerprint density at radius 3 is 1.45 bits per heavy atom. The number of nitrogens with zero attached hydrogens (tertiary/aromatic N) is 5. The van der Waals surface area contributed by atoms with E-state index in [-0.39, 0.29) is 24.8 Å². The molecule has 13 heteroatoms. The average Bonchev–Trinajstić information content (AvgIpc) is 3.33. The zero-order valence-corrected chi connectivity index (χ0v) is 35.8. The highest BCUT2D eigenvalue weighted by atomic mass is 19.1. The molecule has 65 heavy (non-hydrogen) atoms. The van der Waals surface area contributed by atoms with Crippen LogP contribution in [0.5, 0.6) is 23.0 Å². The molecule has 0 spiro atoms. The van der Waals surface area contributed by atoms with Crippen molar-refractivity contribution >= 4 is 33.7 Å². The van der Waals surface area contributed by atoms with Crippen molar-refractivity contribution in [1.82, 2.24) is 24.8 Å². The molecule has 0 aliphatic carbocycles. The predicted molar refractivity (Wildman–Crippen MR) is 250 cm³/mol. The summed E-state index contributed by atoms with van der Waals surface area (Å²) in [6.45, 7) is -0.477. The molecule has 0 amide bonds. The van der Waals surface area contributed by atoms with Gasteiger partial charge in [0.25, 0.3) is 0 Å². The summed E-state index contributed by atoms with van der Waals surface area (Å²) in [6, 6.07) is 44.0. The number of nitrogens with one attached hydrogen (secondary N) is 2. The molecule has 10 rings (SSSR count). The number of halogens is 2. The minimum absolute atomic E-state index is 0.239. The molecular formula is C52H49F2N7O4. The molecule has 8 aromatic rings. The molecule has 2 saturated heterocycles. The quantitative estimate of drug-likeness (QED) is 0.0933. The van der Waals surface area contributed by atoms with Crippen molar-refractivity contribution in [2.45, 2.75) is 56.3 Å². The standard InChI is InChI=1S/C29H29FN4O.C23H20FN3O3/c1-34-22-5-4-6-23(34)18-21(17-22)31-29-32-27-8-3-2-7-26(27)28(33-29)19-9-13-24(14-10-19)35-25-15-11-20(30)12-16-25;24-16-7-11-19(12-8-16)30-18-9-5-15(6-10-18)22-20-3-1-2-4-21(20)26-23(27-22)25-17(13-28)14-29/h2-3,7-16,21-23H,4-6,17-18H2,1H3,(H,31,32,33);1-12,17,28-29H,13-14H2,(H,25,26,27)/t21?,22-,23+;. The van der Waals surface area contributed by atoms with E-state index in [0.717, 1.165) is 51.5 Å². The molecule has 2 fully saturated rings. The summed E-state index contributed by atoms with van der Waals surface area (Å²) in [5.74, 6) is 2.86. The number of rotatable bonds is 12. The minimum atomic E-state index is -0.550. The summed E-state index contributed by atoms with van der Waals surface area (Å²) in [6.07, 6.45) is 6.16. The Labute approximate surface area is 375 Å². The molecule has 2 aromatic heterocycles. The first-order valence-corrected chi connectivity index (χ1v) is 21.9. The van der Waals surface area contributed by atoms with E-state index < -0.39 is 6.04 Å². The number of aliphatic hydroxyl groups is 2. The van der Waals surface area contributed by atoms with Gasteiger partial charge in [-0.05, 0) is 142 Å². The average molecular weight is 874 g/mol. The molecule has 4 heterocycles. The van der Waals surface area contributed by atoms with Crippen LogP contribution in [0.3, 0.4) is 0 Å². The Morgan fingerprint density at radius 2 is 0.985 bits per heavy atom. The number of hydrogen-bond donors (Lipinski definition) is 4. The Balaban J connectivity index is 0.000000166. The van der Waals surface area contributed by atoms with Crippen LogP contribution in [0.25, 0.3) is 44.3 Å². The molecule has 2 aliphatic rings. The Kier molecular flexibility index (Phi) is 13.1. The first kappa shape index (κ1) is 43.2. The summed E-state index contributed by atoms with van der Waals surface area (Å²) in [4.78, 5) is 21.5. The van der Waals surface area contributed by atoms with Gasteiger partial charge in [-0.3, -0.25) is 0 Å². The zero-order valence-electron chi connectivity index (χ0n) is 35.8. The number of aromatic nitrogens is 4. The molecule has 4 N–H and O–H groups in total. The fourth-order valence-electron chi connectivity index (χ4n) is 8.61. The lowest BCUT2D eigenvalue weighted by atomic mass is 9.82. The molecule has 3 atom stereocenters. The first-order valence-electron chi connectivity index (χ1n) is 21.9. The number of para-hydroxylation sites is 2. The number of anilines is 2. The van der Waals surface area contributed by atoms with Crippen molar-refractivity contribution in [2.75, 3.05) is 30.9 Å². The Hall–Kier alpha value is -7.06. The van der Waals surface area contributed by atoms with Crippen LogP contribution in [-0.4, -0.2) is 79.5 Å². The monoisotopic (exact) mass is 873 g/mol. The maximum Gasteiger partial charge on any atom is 0.224 e. The van der Waals surface area contributed by atoms with Crippen molar-refractivity contribution in [3.8, 4) is 45.5 Å². The van der Waals surface area contributed by atoms with Gasteiger partial charge in [-0.25, -0.2) is 28.7 Å².